The Bertz CT molecular complexity index is 505. The SMILES string of the molecule is COCC1(C(=O)NC(C)c2ccc(C(C)C)cc2)CCNCC1.Cl. The second kappa shape index (κ2) is 9.40. The number of benzene rings is 1. The van der Waals surface area contributed by atoms with Crippen LogP contribution >= 0.6 is 12.4 Å². The fourth-order valence-corrected chi connectivity index (χ4v) is 3.22. The van der Waals surface area contributed by atoms with E-state index in [0.29, 0.717) is 12.5 Å². The summed E-state index contributed by atoms with van der Waals surface area (Å²) in [6.07, 6.45) is 1.65. The maximum atomic E-state index is 12.9. The van der Waals surface area contributed by atoms with Crippen LogP contribution < -0.4 is 10.6 Å². The van der Waals surface area contributed by atoms with Crippen LogP contribution in [0.4, 0.5) is 0 Å². The first-order valence-electron chi connectivity index (χ1n) is 8.59. The molecular weight excluding hydrogens is 324 g/mol. The monoisotopic (exact) mass is 354 g/mol. The molecule has 0 aliphatic carbocycles. The summed E-state index contributed by atoms with van der Waals surface area (Å²) >= 11 is 0. The van der Waals surface area contributed by atoms with Crippen LogP contribution in [-0.4, -0.2) is 32.7 Å². The molecule has 1 aliphatic heterocycles. The lowest BCUT2D eigenvalue weighted by Crippen LogP contribution is -2.50. The molecule has 1 aliphatic rings. The van der Waals surface area contributed by atoms with Crippen molar-refractivity contribution in [3.8, 4) is 0 Å². The van der Waals surface area contributed by atoms with Crippen LogP contribution in [-0.2, 0) is 9.53 Å². The number of hydrogen-bond acceptors (Lipinski definition) is 3. The minimum absolute atomic E-state index is 0. The van der Waals surface area contributed by atoms with Crippen LogP contribution in [0.3, 0.4) is 0 Å². The first kappa shape index (κ1) is 20.9. The van der Waals surface area contributed by atoms with E-state index < -0.39 is 5.41 Å². The maximum absolute atomic E-state index is 12.9. The Morgan fingerprint density at radius 2 is 1.71 bits per heavy atom. The maximum Gasteiger partial charge on any atom is 0.229 e. The minimum atomic E-state index is -0.397. The highest BCUT2D eigenvalue weighted by Gasteiger charge is 2.40. The van der Waals surface area contributed by atoms with Gasteiger partial charge >= 0.3 is 0 Å². The van der Waals surface area contributed by atoms with E-state index in [0.717, 1.165) is 31.5 Å². The lowest BCUT2D eigenvalue weighted by molar-refractivity contribution is -0.136. The van der Waals surface area contributed by atoms with E-state index in [-0.39, 0.29) is 24.4 Å². The standard InChI is InChI=1S/C19H30N2O2.ClH/c1-14(2)16-5-7-17(8-6-16)15(3)21-18(22)19(13-23-4)9-11-20-12-10-19;/h5-8,14-15,20H,9-13H2,1-4H3,(H,21,22);1H. The van der Waals surface area contributed by atoms with Gasteiger partial charge in [0.25, 0.3) is 0 Å². The summed E-state index contributed by atoms with van der Waals surface area (Å²) in [5.41, 5.74) is 2.07. The van der Waals surface area contributed by atoms with Gasteiger partial charge in [0.05, 0.1) is 18.1 Å². The second-order valence-corrected chi connectivity index (χ2v) is 6.98. The summed E-state index contributed by atoms with van der Waals surface area (Å²) < 4.78 is 5.35. The average Bonchev–Trinajstić information content (AvgIpc) is 2.56. The third-order valence-corrected chi connectivity index (χ3v) is 4.91. The molecule has 136 valence electrons. The number of rotatable bonds is 6. The number of carbonyl (C=O) groups excluding carboxylic acids is 1. The van der Waals surface area contributed by atoms with Gasteiger partial charge in [0, 0.05) is 7.11 Å². The quantitative estimate of drug-likeness (QED) is 0.822. The van der Waals surface area contributed by atoms with Crippen molar-refractivity contribution in [1.29, 1.82) is 0 Å². The molecule has 0 aromatic heterocycles. The summed E-state index contributed by atoms with van der Waals surface area (Å²) in [7, 11) is 1.67. The van der Waals surface area contributed by atoms with Gasteiger partial charge in [-0.25, -0.2) is 0 Å². The lowest BCUT2D eigenvalue weighted by Gasteiger charge is -2.36. The van der Waals surface area contributed by atoms with Crippen LogP contribution in [0.25, 0.3) is 0 Å². The first-order chi connectivity index (χ1) is 11.0. The molecule has 24 heavy (non-hydrogen) atoms. The molecule has 4 nitrogen and oxygen atoms in total. The van der Waals surface area contributed by atoms with Gasteiger partial charge in [0.15, 0.2) is 0 Å². The van der Waals surface area contributed by atoms with E-state index in [1.54, 1.807) is 7.11 Å². The van der Waals surface area contributed by atoms with Crippen LogP contribution in [0, 0.1) is 5.41 Å². The molecule has 1 atom stereocenters. The van der Waals surface area contributed by atoms with E-state index in [2.05, 4.69) is 48.7 Å². The molecule has 0 spiro atoms. The number of ether oxygens (including phenoxy) is 1. The van der Waals surface area contributed by atoms with E-state index in [1.807, 2.05) is 6.92 Å². The number of carbonyl (C=O) groups is 1. The molecule has 5 heteroatoms. The normalized spacial score (nSPS) is 17.9. The van der Waals surface area contributed by atoms with Gasteiger partial charge in [0.1, 0.15) is 0 Å². The minimum Gasteiger partial charge on any atom is -0.384 e. The Hall–Kier alpha value is -1.10. The van der Waals surface area contributed by atoms with Crippen LogP contribution in [0.15, 0.2) is 24.3 Å². The molecule has 1 aromatic rings. The first-order valence-corrected chi connectivity index (χ1v) is 8.59. The van der Waals surface area contributed by atoms with Crippen molar-refractivity contribution in [1.82, 2.24) is 10.6 Å². The Labute approximate surface area is 152 Å². The molecule has 2 N–H and O–H groups in total. The zero-order chi connectivity index (χ0) is 16.9. The fraction of sp³-hybridized carbons (Fsp3) is 0.632. The van der Waals surface area contributed by atoms with Gasteiger partial charge in [0.2, 0.25) is 5.91 Å². The van der Waals surface area contributed by atoms with Crippen molar-refractivity contribution in [3.05, 3.63) is 35.4 Å². The number of halogens is 1. The predicted molar refractivity (Wildman–Crippen MR) is 101 cm³/mol. The van der Waals surface area contributed by atoms with Gasteiger partial charge in [-0.15, -0.1) is 12.4 Å². The summed E-state index contributed by atoms with van der Waals surface area (Å²) in [6, 6.07) is 8.54. The number of amides is 1. The number of hydrogen-bond donors (Lipinski definition) is 2. The van der Waals surface area contributed by atoms with Crippen molar-refractivity contribution < 1.29 is 9.53 Å². The third kappa shape index (κ3) is 4.95. The highest BCUT2D eigenvalue weighted by atomic mass is 35.5. The number of methoxy groups -OCH3 is 1. The van der Waals surface area contributed by atoms with Crippen molar-refractivity contribution >= 4 is 18.3 Å². The van der Waals surface area contributed by atoms with Crippen LogP contribution in [0.2, 0.25) is 0 Å². The molecule has 0 saturated carbocycles. The zero-order valence-corrected chi connectivity index (χ0v) is 16.0. The molecule has 1 unspecified atom stereocenters. The van der Waals surface area contributed by atoms with Gasteiger partial charge < -0.3 is 15.4 Å². The molecule has 2 rings (SSSR count). The van der Waals surface area contributed by atoms with Crippen LogP contribution in [0.1, 0.15) is 56.7 Å². The fourth-order valence-electron chi connectivity index (χ4n) is 3.22. The largest absolute Gasteiger partial charge is 0.384 e. The van der Waals surface area contributed by atoms with E-state index in [1.165, 1.54) is 5.56 Å². The van der Waals surface area contributed by atoms with Crippen LogP contribution in [0.5, 0.6) is 0 Å². The Balaban J connectivity index is 0.00000288. The molecule has 1 fully saturated rings. The van der Waals surface area contributed by atoms with Crippen molar-refractivity contribution in [2.45, 2.75) is 45.6 Å². The third-order valence-electron chi connectivity index (χ3n) is 4.91. The summed E-state index contributed by atoms with van der Waals surface area (Å²) in [5, 5.41) is 6.51. The average molecular weight is 355 g/mol. The molecular formula is C19H31ClN2O2. The van der Waals surface area contributed by atoms with E-state index in [4.69, 9.17) is 4.74 Å². The molecule has 0 radical (unpaired) electrons. The second-order valence-electron chi connectivity index (χ2n) is 6.98. The van der Waals surface area contributed by atoms with Gasteiger partial charge in [-0.3, -0.25) is 4.79 Å². The summed E-state index contributed by atoms with van der Waals surface area (Å²) in [5.74, 6) is 0.634. The zero-order valence-electron chi connectivity index (χ0n) is 15.2. The smallest absolute Gasteiger partial charge is 0.229 e. The van der Waals surface area contributed by atoms with Crippen molar-refractivity contribution in [2.75, 3.05) is 26.8 Å². The topological polar surface area (TPSA) is 50.4 Å². The Morgan fingerprint density at radius 3 is 2.21 bits per heavy atom. The lowest BCUT2D eigenvalue weighted by atomic mass is 9.78. The predicted octanol–water partition coefficient (Wildman–Crippen LogP) is 3.43. The van der Waals surface area contributed by atoms with E-state index in [9.17, 15) is 4.79 Å². The molecule has 1 heterocycles. The molecule has 0 bridgehead atoms. The molecule has 1 saturated heterocycles. The highest BCUT2D eigenvalue weighted by Crippen LogP contribution is 2.30. The van der Waals surface area contributed by atoms with Gasteiger partial charge in [-0.2, -0.15) is 0 Å². The number of piperidine rings is 1. The van der Waals surface area contributed by atoms with Crippen molar-refractivity contribution in [3.63, 3.8) is 0 Å². The molecule has 1 aromatic carbocycles. The summed E-state index contributed by atoms with van der Waals surface area (Å²) in [4.78, 5) is 12.9. The molecule has 1 amide bonds. The highest BCUT2D eigenvalue weighted by molar-refractivity contribution is 5.85. The van der Waals surface area contributed by atoms with Gasteiger partial charge in [-0.1, -0.05) is 38.1 Å². The van der Waals surface area contributed by atoms with E-state index >= 15 is 0 Å². The Morgan fingerprint density at radius 1 is 1.17 bits per heavy atom. The number of nitrogens with one attached hydrogen (secondary N) is 2. The van der Waals surface area contributed by atoms with Crippen molar-refractivity contribution in [2.24, 2.45) is 5.41 Å². The van der Waals surface area contributed by atoms with Gasteiger partial charge in [-0.05, 0) is 49.9 Å². The Kier molecular flexibility index (Phi) is 8.20. The summed E-state index contributed by atoms with van der Waals surface area (Å²) in [6.45, 7) is 8.64.